The molecule has 1 atom stereocenters. The Morgan fingerprint density at radius 3 is 2.91 bits per heavy atom. The summed E-state index contributed by atoms with van der Waals surface area (Å²) < 4.78 is 4.97. The maximum Gasteiger partial charge on any atom is 0.185 e. The van der Waals surface area contributed by atoms with Crippen molar-refractivity contribution in [3.63, 3.8) is 0 Å². The molecule has 3 nitrogen and oxygen atoms in total. The van der Waals surface area contributed by atoms with Gasteiger partial charge in [0.2, 0.25) is 0 Å². The molecule has 1 rings (SSSR count). The fourth-order valence-electron chi connectivity index (χ4n) is 0.812. The van der Waals surface area contributed by atoms with Crippen molar-refractivity contribution in [2.45, 2.75) is 19.4 Å². The third kappa shape index (κ3) is 1.68. The summed E-state index contributed by atoms with van der Waals surface area (Å²) in [5, 5.41) is 9.23. The summed E-state index contributed by atoms with van der Waals surface area (Å²) in [6.45, 7) is 1.84. The second-order valence-corrected chi connectivity index (χ2v) is 2.28. The lowest BCUT2D eigenvalue weighted by atomic mass is 10.2. The molecule has 3 heteroatoms. The number of furan rings is 1. The van der Waals surface area contributed by atoms with Crippen LogP contribution in [0.2, 0.25) is 0 Å². The molecule has 0 saturated carbocycles. The minimum Gasteiger partial charge on any atom is -0.456 e. The standard InChI is InChI=1S/C8H10O3/c1-2-7(10)8-4-3-6(5-9)11-8/h3-5,7,10H,2H2,1H3/t7-/m1/s1. The van der Waals surface area contributed by atoms with Gasteiger partial charge < -0.3 is 9.52 Å². The summed E-state index contributed by atoms with van der Waals surface area (Å²) >= 11 is 0. The van der Waals surface area contributed by atoms with E-state index in [4.69, 9.17) is 4.42 Å². The Balaban J connectivity index is 2.79. The highest BCUT2D eigenvalue weighted by Gasteiger charge is 2.08. The molecule has 1 N–H and O–H groups in total. The lowest BCUT2D eigenvalue weighted by Gasteiger charge is -2.00. The number of rotatable bonds is 3. The fraction of sp³-hybridized carbons (Fsp3) is 0.375. The van der Waals surface area contributed by atoms with E-state index in [1.807, 2.05) is 6.92 Å². The second-order valence-electron chi connectivity index (χ2n) is 2.28. The number of hydrogen-bond donors (Lipinski definition) is 1. The van der Waals surface area contributed by atoms with Gasteiger partial charge in [-0.25, -0.2) is 0 Å². The van der Waals surface area contributed by atoms with E-state index in [9.17, 15) is 9.90 Å². The molecule has 0 aromatic carbocycles. The van der Waals surface area contributed by atoms with Crippen LogP contribution in [0.1, 0.15) is 35.8 Å². The Morgan fingerprint density at radius 2 is 2.45 bits per heavy atom. The SMILES string of the molecule is CC[C@@H](O)c1ccc(C=O)o1. The number of aliphatic hydroxyl groups is 1. The van der Waals surface area contributed by atoms with Crippen LogP contribution in [0.3, 0.4) is 0 Å². The first kappa shape index (κ1) is 8.01. The van der Waals surface area contributed by atoms with Crippen LogP contribution in [-0.4, -0.2) is 11.4 Å². The lowest BCUT2D eigenvalue weighted by molar-refractivity contribution is 0.108. The van der Waals surface area contributed by atoms with Gasteiger partial charge in [-0.15, -0.1) is 0 Å². The molecule has 0 aliphatic rings. The molecular weight excluding hydrogens is 144 g/mol. The number of carbonyl (C=O) groups is 1. The van der Waals surface area contributed by atoms with Gasteiger partial charge >= 0.3 is 0 Å². The summed E-state index contributed by atoms with van der Waals surface area (Å²) in [5.74, 6) is 0.710. The minimum atomic E-state index is -0.594. The first-order chi connectivity index (χ1) is 5.27. The molecule has 0 unspecified atom stereocenters. The largest absolute Gasteiger partial charge is 0.456 e. The summed E-state index contributed by atoms with van der Waals surface area (Å²) in [7, 11) is 0. The van der Waals surface area contributed by atoms with Gasteiger partial charge in [0.15, 0.2) is 12.0 Å². The molecule has 0 radical (unpaired) electrons. The second kappa shape index (κ2) is 3.34. The van der Waals surface area contributed by atoms with Crippen LogP contribution in [0.5, 0.6) is 0 Å². The van der Waals surface area contributed by atoms with E-state index in [2.05, 4.69) is 0 Å². The van der Waals surface area contributed by atoms with E-state index in [0.29, 0.717) is 18.5 Å². The Morgan fingerprint density at radius 1 is 1.73 bits per heavy atom. The van der Waals surface area contributed by atoms with Crippen LogP contribution in [0.4, 0.5) is 0 Å². The zero-order valence-corrected chi connectivity index (χ0v) is 6.28. The average Bonchev–Trinajstić information content (AvgIpc) is 2.50. The van der Waals surface area contributed by atoms with E-state index in [-0.39, 0.29) is 5.76 Å². The Kier molecular flexibility index (Phi) is 2.44. The smallest absolute Gasteiger partial charge is 0.185 e. The molecule has 0 aliphatic heterocycles. The highest BCUT2D eigenvalue weighted by molar-refractivity contribution is 5.70. The van der Waals surface area contributed by atoms with E-state index in [0.717, 1.165) is 0 Å². The molecular formula is C8H10O3. The molecule has 1 aromatic heterocycles. The molecule has 1 heterocycles. The highest BCUT2D eigenvalue weighted by atomic mass is 16.4. The van der Waals surface area contributed by atoms with Crippen molar-refractivity contribution in [1.29, 1.82) is 0 Å². The summed E-state index contributed by atoms with van der Waals surface area (Å²) in [6, 6.07) is 3.15. The summed E-state index contributed by atoms with van der Waals surface area (Å²) in [5.41, 5.74) is 0. The van der Waals surface area contributed by atoms with Crippen LogP contribution in [0, 0.1) is 0 Å². The molecule has 0 bridgehead atoms. The van der Waals surface area contributed by atoms with E-state index < -0.39 is 6.10 Å². The third-order valence-corrected chi connectivity index (χ3v) is 1.48. The van der Waals surface area contributed by atoms with E-state index >= 15 is 0 Å². The molecule has 0 amide bonds. The van der Waals surface area contributed by atoms with Gasteiger partial charge in [0.25, 0.3) is 0 Å². The van der Waals surface area contributed by atoms with Crippen molar-refractivity contribution >= 4 is 6.29 Å². The first-order valence-electron chi connectivity index (χ1n) is 3.51. The van der Waals surface area contributed by atoms with Gasteiger partial charge in [-0.3, -0.25) is 4.79 Å². The van der Waals surface area contributed by atoms with Crippen LogP contribution in [-0.2, 0) is 0 Å². The molecule has 0 saturated heterocycles. The number of aliphatic hydroxyl groups excluding tert-OH is 1. The van der Waals surface area contributed by atoms with Crippen molar-refractivity contribution < 1.29 is 14.3 Å². The van der Waals surface area contributed by atoms with Gasteiger partial charge in [0.1, 0.15) is 11.9 Å². The lowest BCUT2D eigenvalue weighted by Crippen LogP contribution is -1.91. The number of hydrogen-bond acceptors (Lipinski definition) is 3. The monoisotopic (exact) mass is 154 g/mol. The molecule has 60 valence electrons. The Hall–Kier alpha value is -1.09. The maximum absolute atomic E-state index is 10.2. The van der Waals surface area contributed by atoms with Crippen LogP contribution in [0.25, 0.3) is 0 Å². The van der Waals surface area contributed by atoms with Gasteiger partial charge in [0.05, 0.1) is 0 Å². The fourth-order valence-corrected chi connectivity index (χ4v) is 0.812. The average molecular weight is 154 g/mol. The van der Waals surface area contributed by atoms with Crippen molar-refractivity contribution in [2.75, 3.05) is 0 Å². The third-order valence-electron chi connectivity index (χ3n) is 1.48. The van der Waals surface area contributed by atoms with E-state index in [1.54, 1.807) is 12.1 Å². The predicted octanol–water partition coefficient (Wildman–Crippen LogP) is 1.54. The quantitative estimate of drug-likeness (QED) is 0.672. The zero-order chi connectivity index (χ0) is 8.27. The van der Waals surface area contributed by atoms with E-state index in [1.165, 1.54) is 0 Å². The maximum atomic E-state index is 10.2. The summed E-state index contributed by atoms with van der Waals surface area (Å²) in [4.78, 5) is 10.2. The summed E-state index contributed by atoms with van der Waals surface area (Å²) in [6.07, 6.45) is 0.612. The Labute approximate surface area is 64.6 Å². The topological polar surface area (TPSA) is 50.4 Å². The van der Waals surface area contributed by atoms with Gasteiger partial charge in [-0.1, -0.05) is 6.92 Å². The normalized spacial score (nSPS) is 12.9. The minimum absolute atomic E-state index is 0.257. The van der Waals surface area contributed by atoms with Gasteiger partial charge in [-0.05, 0) is 18.6 Å². The van der Waals surface area contributed by atoms with Gasteiger partial charge in [0, 0.05) is 0 Å². The van der Waals surface area contributed by atoms with Crippen LogP contribution in [0.15, 0.2) is 16.5 Å². The van der Waals surface area contributed by atoms with Crippen molar-refractivity contribution in [3.05, 3.63) is 23.7 Å². The molecule has 1 aromatic rings. The molecule has 11 heavy (non-hydrogen) atoms. The number of aldehydes is 1. The zero-order valence-electron chi connectivity index (χ0n) is 6.28. The Bertz CT molecular complexity index is 239. The highest BCUT2D eigenvalue weighted by Crippen LogP contribution is 2.17. The predicted molar refractivity (Wildman–Crippen MR) is 39.3 cm³/mol. The van der Waals surface area contributed by atoms with Crippen molar-refractivity contribution in [2.24, 2.45) is 0 Å². The van der Waals surface area contributed by atoms with Crippen LogP contribution < -0.4 is 0 Å². The van der Waals surface area contributed by atoms with Gasteiger partial charge in [-0.2, -0.15) is 0 Å². The number of carbonyl (C=O) groups excluding carboxylic acids is 1. The molecule has 0 fully saturated rings. The van der Waals surface area contributed by atoms with Crippen LogP contribution >= 0.6 is 0 Å². The first-order valence-corrected chi connectivity index (χ1v) is 3.51. The molecule has 0 aliphatic carbocycles. The van der Waals surface area contributed by atoms with Crippen molar-refractivity contribution in [1.82, 2.24) is 0 Å². The molecule has 0 spiro atoms. The van der Waals surface area contributed by atoms with Crippen molar-refractivity contribution in [3.8, 4) is 0 Å².